The summed E-state index contributed by atoms with van der Waals surface area (Å²) in [6, 6.07) is 19.7. The van der Waals surface area contributed by atoms with Crippen molar-refractivity contribution < 1.29 is 4.79 Å². The molecule has 3 rings (SSSR count). The number of carbonyl (C=O) groups is 1. The molecule has 0 bridgehead atoms. The number of nitrogen functional groups attached to an aromatic ring is 1. The van der Waals surface area contributed by atoms with Crippen LogP contribution in [0.1, 0.15) is 15.2 Å². The summed E-state index contributed by atoms with van der Waals surface area (Å²) in [6.07, 6.45) is 0.793. The number of rotatable bonds is 5. The van der Waals surface area contributed by atoms with E-state index in [9.17, 15) is 4.79 Å². The van der Waals surface area contributed by atoms with Crippen molar-refractivity contribution in [1.82, 2.24) is 10.3 Å². The summed E-state index contributed by atoms with van der Waals surface area (Å²) in [6.45, 7) is 0.578. The van der Waals surface area contributed by atoms with Crippen LogP contribution in [0, 0.1) is 0 Å². The first-order chi connectivity index (χ1) is 11.2. The Hall–Kier alpha value is -2.66. The van der Waals surface area contributed by atoms with E-state index in [-0.39, 0.29) is 5.91 Å². The molecule has 3 N–H and O–H groups in total. The van der Waals surface area contributed by atoms with Gasteiger partial charge in [-0.15, -0.1) is 0 Å². The predicted octanol–water partition coefficient (Wildman–Crippen LogP) is 3.36. The maximum atomic E-state index is 12.4. The zero-order valence-corrected chi connectivity index (χ0v) is 13.3. The van der Waals surface area contributed by atoms with Gasteiger partial charge in [-0.05, 0) is 12.0 Å². The molecule has 0 radical (unpaired) electrons. The molecule has 0 saturated carbocycles. The van der Waals surface area contributed by atoms with Gasteiger partial charge in [0, 0.05) is 12.1 Å². The van der Waals surface area contributed by atoms with E-state index < -0.39 is 0 Å². The molecule has 1 heterocycles. The average molecular weight is 323 g/mol. The molecule has 0 aliphatic rings. The van der Waals surface area contributed by atoms with Gasteiger partial charge in [0.2, 0.25) is 0 Å². The minimum Gasteiger partial charge on any atom is -0.375 e. The summed E-state index contributed by atoms with van der Waals surface area (Å²) in [5.41, 5.74) is 8.54. The lowest BCUT2D eigenvalue weighted by molar-refractivity contribution is 0.0958. The quantitative estimate of drug-likeness (QED) is 0.756. The topological polar surface area (TPSA) is 68.0 Å². The van der Waals surface area contributed by atoms with Crippen LogP contribution >= 0.6 is 11.3 Å². The number of anilines is 1. The van der Waals surface area contributed by atoms with Crippen molar-refractivity contribution in [3.05, 3.63) is 71.1 Å². The van der Waals surface area contributed by atoms with E-state index in [1.54, 1.807) is 0 Å². The van der Waals surface area contributed by atoms with Crippen LogP contribution in [0.25, 0.3) is 11.3 Å². The number of hydrogen-bond donors (Lipinski definition) is 2. The zero-order valence-electron chi connectivity index (χ0n) is 12.5. The van der Waals surface area contributed by atoms with Crippen LogP contribution in [0.5, 0.6) is 0 Å². The molecule has 5 heteroatoms. The summed E-state index contributed by atoms with van der Waals surface area (Å²) in [7, 11) is 0. The van der Waals surface area contributed by atoms with E-state index >= 15 is 0 Å². The third-order valence-corrected chi connectivity index (χ3v) is 4.32. The van der Waals surface area contributed by atoms with E-state index in [4.69, 9.17) is 5.73 Å². The van der Waals surface area contributed by atoms with E-state index in [1.807, 2.05) is 60.7 Å². The van der Waals surface area contributed by atoms with Gasteiger partial charge in [-0.3, -0.25) is 4.79 Å². The first-order valence-corrected chi connectivity index (χ1v) is 8.19. The van der Waals surface area contributed by atoms with Crippen LogP contribution in [0.2, 0.25) is 0 Å². The fourth-order valence-corrected chi connectivity index (χ4v) is 3.10. The number of hydrogen-bond acceptors (Lipinski definition) is 4. The number of amides is 1. The first-order valence-electron chi connectivity index (χ1n) is 7.38. The third-order valence-electron chi connectivity index (χ3n) is 3.44. The molecule has 0 aliphatic heterocycles. The molecule has 0 spiro atoms. The van der Waals surface area contributed by atoms with Gasteiger partial charge in [0.15, 0.2) is 5.13 Å². The maximum absolute atomic E-state index is 12.4. The van der Waals surface area contributed by atoms with Crippen molar-refractivity contribution in [1.29, 1.82) is 0 Å². The summed E-state index contributed by atoms with van der Waals surface area (Å²) < 4.78 is 0. The van der Waals surface area contributed by atoms with Crippen molar-refractivity contribution in [3.63, 3.8) is 0 Å². The summed E-state index contributed by atoms with van der Waals surface area (Å²) in [4.78, 5) is 17.3. The lowest BCUT2D eigenvalue weighted by Gasteiger charge is -2.05. The number of nitrogens with one attached hydrogen (secondary N) is 1. The highest BCUT2D eigenvalue weighted by Gasteiger charge is 2.18. The molecular weight excluding hydrogens is 306 g/mol. The smallest absolute Gasteiger partial charge is 0.263 e. The Balaban J connectivity index is 1.70. The Labute approximate surface area is 139 Å². The second-order valence-corrected chi connectivity index (χ2v) is 6.12. The van der Waals surface area contributed by atoms with Crippen LogP contribution in [0.3, 0.4) is 0 Å². The fraction of sp³-hybridized carbons (Fsp3) is 0.111. The van der Waals surface area contributed by atoms with Crippen molar-refractivity contribution in [2.24, 2.45) is 0 Å². The highest BCUT2D eigenvalue weighted by atomic mass is 32.1. The van der Waals surface area contributed by atoms with Crippen LogP contribution in [0.4, 0.5) is 5.13 Å². The monoisotopic (exact) mass is 323 g/mol. The molecule has 0 atom stereocenters. The van der Waals surface area contributed by atoms with Crippen LogP contribution in [0.15, 0.2) is 60.7 Å². The lowest BCUT2D eigenvalue weighted by Crippen LogP contribution is -2.25. The van der Waals surface area contributed by atoms with Gasteiger partial charge in [-0.2, -0.15) is 0 Å². The first kappa shape index (κ1) is 15.2. The Morgan fingerprint density at radius 2 is 1.70 bits per heavy atom. The molecule has 0 fully saturated rings. The second kappa shape index (κ2) is 7.07. The van der Waals surface area contributed by atoms with E-state index in [1.165, 1.54) is 16.9 Å². The van der Waals surface area contributed by atoms with Gasteiger partial charge in [0.1, 0.15) is 4.88 Å². The Bertz CT molecular complexity index is 785. The van der Waals surface area contributed by atoms with Crippen molar-refractivity contribution in [2.45, 2.75) is 6.42 Å². The van der Waals surface area contributed by atoms with Crippen LogP contribution in [-0.2, 0) is 6.42 Å². The van der Waals surface area contributed by atoms with Gasteiger partial charge in [0.25, 0.3) is 5.91 Å². The molecule has 1 amide bonds. The normalized spacial score (nSPS) is 10.4. The van der Waals surface area contributed by atoms with Crippen molar-refractivity contribution in [2.75, 3.05) is 12.3 Å². The minimum atomic E-state index is -0.131. The van der Waals surface area contributed by atoms with Crippen molar-refractivity contribution >= 4 is 22.4 Å². The van der Waals surface area contributed by atoms with E-state index in [0.29, 0.717) is 22.2 Å². The SMILES string of the molecule is Nc1nc(-c2ccccc2)c(C(=O)NCCc2ccccc2)s1. The minimum absolute atomic E-state index is 0.131. The number of nitrogens with zero attached hydrogens (tertiary/aromatic N) is 1. The van der Waals surface area contributed by atoms with Gasteiger partial charge in [-0.1, -0.05) is 72.0 Å². The van der Waals surface area contributed by atoms with Crippen LogP contribution in [-0.4, -0.2) is 17.4 Å². The Morgan fingerprint density at radius 1 is 1.04 bits per heavy atom. The second-order valence-electron chi connectivity index (χ2n) is 5.09. The standard InChI is InChI=1S/C18H17N3OS/c19-18-21-15(14-9-5-2-6-10-14)16(23-18)17(22)20-12-11-13-7-3-1-4-8-13/h1-10H,11-12H2,(H2,19,21)(H,20,22). The summed E-state index contributed by atoms with van der Waals surface area (Å²) >= 11 is 1.22. The molecule has 0 unspecified atom stereocenters. The number of carbonyl (C=O) groups excluding carboxylic acids is 1. The highest BCUT2D eigenvalue weighted by molar-refractivity contribution is 7.17. The van der Waals surface area contributed by atoms with Gasteiger partial charge in [0.05, 0.1) is 5.69 Å². The number of nitrogens with two attached hydrogens (primary N) is 1. The highest BCUT2D eigenvalue weighted by Crippen LogP contribution is 2.29. The van der Waals surface area contributed by atoms with Gasteiger partial charge >= 0.3 is 0 Å². The fourth-order valence-electron chi connectivity index (χ4n) is 2.33. The number of aromatic nitrogens is 1. The largest absolute Gasteiger partial charge is 0.375 e. The summed E-state index contributed by atoms with van der Waals surface area (Å²) in [5, 5.41) is 3.35. The molecule has 116 valence electrons. The number of thiazole rings is 1. The van der Waals surface area contributed by atoms with Gasteiger partial charge in [-0.25, -0.2) is 4.98 Å². The van der Waals surface area contributed by atoms with Crippen molar-refractivity contribution in [3.8, 4) is 11.3 Å². The molecule has 4 nitrogen and oxygen atoms in total. The zero-order chi connectivity index (χ0) is 16.1. The molecule has 3 aromatic rings. The number of benzene rings is 2. The Kier molecular flexibility index (Phi) is 4.68. The molecule has 23 heavy (non-hydrogen) atoms. The Morgan fingerprint density at radius 3 is 2.39 bits per heavy atom. The lowest BCUT2D eigenvalue weighted by atomic mass is 10.1. The predicted molar refractivity (Wildman–Crippen MR) is 94.4 cm³/mol. The van der Waals surface area contributed by atoms with Gasteiger partial charge < -0.3 is 11.1 Å². The molecular formula is C18H17N3OS. The summed E-state index contributed by atoms with van der Waals surface area (Å²) in [5.74, 6) is -0.131. The molecule has 1 aromatic heterocycles. The average Bonchev–Trinajstić information content (AvgIpc) is 2.98. The molecule has 0 aliphatic carbocycles. The van der Waals surface area contributed by atoms with E-state index in [2.05, 4.69) is 10.3 Å². The maximum Gasteiger partial charge on any atom is 0.263 e. The third kappa shape index (κ3) is 3.76. The van der Waals surface area contributed by atoms with Crippen LogP contribution < -0.4 is 11.1 Å². The molecule has 2 aromatic carbocycles. The van der Waals surface area contributed by atoms with E-state index in [0.717, 1.165) is 12.0 Å². The molecule has 0 saturated heterocycles.